The second kappa shape index (κ2) is 8.07. The van der Waals surface area contributed by atoms with Crippen molar-refractivity contribution < 1.29 is 50.3 Å². The first-order valence-corrected chi connectivity index (χ1v) is 8.99. The van der Waals surface area contributed by atoms with Crippen LogP contribution in [0.4, 0.5) is 0 Å². The lowest BCUT2D eigenvalue weighted by Crippen LogP contribution is -2.63. The largest absolute Gasteiger partial charge is 0.394 e. The Morgan fingerprint density at radius 3 is 2.32 bits per heavy atom. The van der Waals surface area contributed by atoms with Gasteiger partial charge in [-0.3, -0.25) is 0 Å². The number of hydrogen-bond donors (Lipinski definition) is 8. The van der Waals surface area contributed by atoms with E-state index in [1.807, 2.05) is 0 Å². The third kappa shape index (κ3) is 4.31. The topological polar surface area (TPSA) is 180 Å². The maximum Gasteiger partial charge on any atom is 0.191 e. The summed E-state index contributed by atoms with van der Waals surface area (Å²) >= 11 is 0. The molecule has 1 saturated heterocycles. The normalized spacial score (nSPS) is 48.5. The third-order valence-corrected chi connectivity index (χ3v) is 5.25. The molecule has 9 atom stereocenters. The smallest absolute Gasteiger partial charge is 0.191 e. The molecular weight excluding hydrogens is 376 g/mol. The Kier molecular flexibility index (Phi) is 6.73. The Morgan fingerprint density at radius 2 is 1.82 bits per heavy atom. The quantitative estimate of drug-likeness (QED) is 0.176. The zero-order chi connectivity index (χ0) is 21.5. The summed E-state index contributed by atoms with van der Waals surface area (Å²) in [6.45, 7) is 3.49. The molecule has 1 aliphatic carbocycles. The number of aliphatic hydroxyl groups excluding tert-OH is 5. The van der Waals surface area contributed by atoms with Crippen molar-refractivity contribution in [3.63, 3.8) is 0 Å². The number of rotatable bonds is 5. The average molecular weight is 406 g/mol. The fraction of sp³-hybridized carbons (Fsp3) is 0.778. The van der Waals surface area contributed by atoms with Gasteiger partial charge in [0, 0.05) is 6.42 Å². The van der Waals surface area contributed by atoms with Gasteiger partial charge in [-0.05, 0) is 38.5 Å². The molecule has 10 heteroatoms. The minimum atomic E-state index is -2.20. The Balaban J connectivity index is 2.30. The predicted molar refractivity (Wildman–Crippen MR) is 94.6 cm³/mol. The van der Waals surface area contributed by atoms with Crippen LogP contribution in [0.2, 0.25) is 0 Å². The molecule has 0 saturated carbocycles. The minimum Gasteiger partial charge on any atom is -0.394 e. The Hall–Kier alpha value is -0.920. The van der Waals surface area contributed by atoms with Crippen LogP contribution in [0, 0.1) is 0 Å². The van der Waals surface area contributed by atoms with E-state index in [1.54, 1.807) is 0 Å². The highest BCUT2D eigenvalue weighted by atomic mass is 16.8. The number of aliphatic hydroxyl groups is 8. The summed E-state index contributed by atoms with van der Waals surface area (Å²) in [4.78, 5) is 0. The molecule has 0 spiro atoms. The number of ether oxygens (including phenoxy) is 2. The molecule has 1 fully saturated rings. The second-order valence-corrected chi connectivity index (χ2v) is 7.80. The highest BCUT2D eigenvalue weighted by Crippen LogP contribution is 2.44. The van der Waals surface area contributed by atoms with Crippen molar-refractivity contribution in [2.75, 3.05) is 6.61 Å². The molecule has 0 amide bonds. The summed E-state index contributed by atoms with van der Waals surface area (Å²) in [6, 6.07) is 0. The van der Waals surface area contributed by atoms with Crippen molar-refractivity contribution in [2.24, 2.45) is 0 Å². The van der Waals surface area contributed by atoms with Gasteiger partial charge < -0.3 is 50.3 Å². The third-order valence-electron chi connectivity index (χ3n) is 5.25. The van der Waals surface area contributed by atoms with E-state index in [1.165, 1.54) is 32.9 Å². The molecule has 0 radical (unpaired) electrons. The van der Waals surface area contributed by atoms with Gasteiger partial charge in [0.2, 0.25) is 0 Å². The van der Waals surface area contributed by atoms with Crippen LogP contribution >= 0.6 is 0 Å². The molecule has 0 bridgehead atoms. The van der Waals surface area contributed by atoms with Crippen LogP contribution in [0.15, 0.2) is 23.8 Å². The maximum absolute atomic E-state index is 10.9. The van der Waals surface area contributed by atoms with Gasteiger partial charge in [-0.15, -0.1) is 0 Å². The predicted octanol–water partition coefficient (Wildman–Crippen LogP) is -2.74. The standard InChI is InChI=1S/C18H30O10/c1-9-6-17(25,8-16(3,24)18(9,26)5-4-10(2)20)28-15-14(23)13(22)12(21)11(7-19)27-15/h4-6,10-15,19-26H,7-8H2,1-3H3/b5-4+/t10-,11+,12+,13-,14+,15-,16+,17-,18-/m0/s1. The fourth-order valence-corrected chi connectivity index (χ4v) is 3.58. The van der Waals surface area contributed by atoms with E-state index in [2.05, 4.69) is 0 Å². The molecule has 1 heterocycles. The molecular formula is C18H30O10. The molecule has 10 nitrogen and oxygen atoms in total. The zero-order valence-electron chi connectivity index (χ0n) is 16.0. The summed E-state index contributed by atoms with van der Waals surface area (Å²) < 4.78 is 10.6. The minimum absolute atomic E-state index is 0.104. The van der Waals surface area contributed by atoms with Crippen molar-refractivity contribution in [2.45, 2.75) is 81.0 Å². The van der Waals surface area contributed by atoms with Crippen molar-refractivity contribution >= 4 is 0 Å². The molecule has 162 valence electrons. The molecule has 0 aromatic carbocycles. The Bertz CT molecular complexity index is 615. The first-order valence-electron chi connectivity index (χ1n) is 8.99. The summed E-state index contributed by atoms with van der Waals surface area (Å²) in [6.07, 6.45) is -5.67. The fourth-order valence-electron chi connectivity index (χ4n) is 3.58. The van der Waals surface area contributed by atoms with E-state index in [0.717, 1.165) is 6.08 Å². The maximum atomic E-state index is 10.9. The highest BCUT2D eigenvalue weighted by molar-refractivity contribution is 5.35. The molecule has 1 aliphatic heterocycles. The van der Waals surface area contributed by atoms with Gasteiger partial charge in [0.1, 0.15) is 35.6 Å². The van der Waals surface area contributed by atoms with E-state index in [-0.39, 0.29) is 5.57 Å². The molecule has 0 unspecified atom stereocenters. The first kappa shape index (κ1) is 23.4. The van der Waals surface area contributed by atoms with E-state index in [4.69, 9.17) is 9.47 Å². The van der Waals surface area contributed by atoms with Crippen LogP contribution in [-0.4, -0.2) is 101 Å². The summed E-state index contributed by atoms with van der Waals surface area (Å²) in [5.74, 6) is -2.20. The molecule has 0 aromatic rings. The van der Waals surface area contributed by atoms with E-state index < -0.39 is 66.8 Å². The zero-order valence-corrected chi connectivity index (χ0v) is 16.0. The van der Waals surface area contributed by atoms with Crippen LogP contribution < -0.4 is 0 Å². The summed E-state index contributed by atoms with van der Waals surface area (Å²) in [5, 5.41) is 80.9. The Labute approximate surface area is 162 Å². The van der Waals surface area contributed by atoms with Gasteiger partial charge in [0.25, 0.3) is 0 Å². The van der Waals surface area contributed by atoms with Gasteiger partial charge in [0.15, 0.2) is 12.1 Å². The van der Waals surface area contributed by atoms with Crippen LogP contribution in [0.25, 0.3) is 0 Å². The molecule has 8 N–H and O–H groups in total. The number of hydrogen-bond acceptors (Lipinski definition) is 10. The monoisotopic (exact) mass is 406 g/mol. The van der Waals surface area contributed by atoms with Gasteiger partial charge in [-0.2, -0.15) is 0 Å². The van der Waals surface area contributed by atoms with E-state index >= 15 is 0 Å². The summed E-state index contributed by atoms with van der Waals surface area (Å²) in [5.41, 5.74) is -3.75. The molecule has 28 heavy (non-hydrogen) atoms. The second-order valence-electron chi connectivity index (χ2n) is 7.80. The van der Waals surface area contributed by atoms with Crippen LogP contribution in [-0.2, 0) is 9.47 Å². The summed E-state index contributed by atoms with van der Waals surface area (Å²) in [7, 11) is 0. The Morgan fingerprint density at radius 1 is 1.21 bits per heavy atom. The van der Waals surface area contributed by atoms with Crippen molar-refractivity contribution in [1.29, 1.82) is 0 Å². The van der Waals surface area contributed by atoms with E-state index in [0.29, 0.717) is 0 Å². The van der Waals surface area contributed by atoms with Gasteiger partial charge >= 0.3 is 0 Å². The van der Waals surface area contributed by atoms with Crippen LogP contribution in [0.1, 0.15) is 27.2 Å². The average Bonchev–Trinajstić information content (AvgIpc) is 2.58. The van der Waals surface area contributed by atoms with Crippen molar-refractivity contribution in [1.82, 2.24) is 0 Å². The molecule has 2 aliphatic rings. The van der Waals surface area contributed by atoms with Crippen molar-refractivity contribution in [3.8, 4) is 0 Å². The lowest BCUT2D eigenvalue weighted by atomic mass is 9.70. The first-order chi connectivity index (χ1) is 12.8. The highest BCUT2D eigenvalue weighted by Gasteiger charge is 2.56. The lowest BCUT2D eigenvalue weighted by molar-refractivity contribution is -0.360. The van der Waals surface area contributed by atoms with Crippen molar-refractivity contribution in [3.05, 3.63) is 23.8 Å². The molecule has 2 rings (SSSR count). The SMILES string of the molecule is CC1=C[C@](O)(O[C@@H]2O[C@H](CO)[C@@H](O)[C@H](O)[C@H]2O)C[C@@](C)(O)[C@]1(O)/C=C/[C@H](C)O. The lowest BCUT2D eigenvalue weighted by Gasteiger charge is -2.49. The molecule has 0 aromatic heterocycles. The van der Waals surface area contributed by atoms with Gasteiger partial charge in [0.05, 0.1) is 12.7 Å². The van der Waals surface area contributed by atoms with Crippen LogP contribution in [0.5, 0.6) is 0 Å². The van der Waals surface area contributed by atoms with Gasteiger partial charge in [-0.25, -0.2) is 0 Å². The van der Waals surface area contributed by atoms with E-state index in [9.17, 15) is 40.9 Å². The van der Waals surface area contributed by atoms with Gasteiger partial charge in [-0.1, -0.05) is 6.08 Å². The van der Waals surface area contributed by atoms with Crippen LogP contribution in [0.3, 0.4) is 0 Å².